The van der Waals surface area contributed by atoms with E-state index in [1.165, 1.54) is 24.2 Å². The summed E-state index contributed by atoms with van der Waals surface area (Å²) in [7, 11) is 0. The van der Waals surface area contributed by atoms with Gasteiger partial charge in [0.1, 0.15) is 17.2 Å². The lowest BCUT2D eigenvalue weighted by atomic mass is 10.0. The van der Waals surface area contributed by atoms with Crippen molar-refractivity contribution < 1.29 is 13.2 Å². The Morgan fingerprint density at radius 2 is 2.14 bits per heavy atom. The van der Waals surface area contributed by atoms with Gasteiger partial charge in [-0.2, -0.15) is 13.2 Å². The predicted octanol–water partition coefficient (Wildman–Crippen LogP) is 4.03. The lowest BCUT2D eigenvalue weighted by Gasteiger charge is -2.17. The van der Waals surface area contributed by atoms with Gasteiger partial charge < -0.3 is 5.32 Å². The fraction of sp³-hybridized carbons (Fsp3) is 0.333. The summed E-state index contributed by atoms with van der Waals surface area (Å²) in [6.07, 6.45) is 4.84. The van der Waals surface area contributed by atoms with Crippen LogP contribution in [-0.2, 0) is 0 Å². The van der Waals surface area contributed by atoms with Gasteiger partial charge in [0.05, 0.1) is 0 Å². The van der Waals surface area contributed by atoms with E-state index >= 15 is 0 Å². The van der Waals surface area contributed by atoms with E-state index in [-0.39, 0.29) is 11.8 Å². The number of anilines is 1. The molecule has 0 saturated heterocycles. The lowest BCUT2D eigenvalue weighted by molar-refractivity contribution is -0.0959. The Balaban J connectivity index is 1.65. The van der Waals surface area contributed by atoms with E-state index < -0.39 is 11.7 Å². The third kappa shape index (κ3) is 2.43. The monoisotopic (exact) mass is 323 g/mol. The predicted molar refractivity (Wildman–Crippen MR) is 79.2 cm³/mol. The average molecular weight is 323 g/mol. The molecular formula is C15H12F3N3S. The Kier molecular flexibility index (Phi) is 3.07. The van der Waals surface area contributed by atoms with Gasteiger partial charge in [0.15, 0.2) is 0 Å². The Morgan fingerprint density at radius 3 is 2.95 bits per heavy atom. The first-order chi connectivity index (χ1) is 10.5. The molecule has 2 unspecified atom stereocenters. The van der Waals surface area contributed by atoms with Gasteiger partial charge in [-0.1, -0.05) is 30.0 Å². The highest BCUT2D eigenvalue weighted by atomic mass is 32.2. The van der Waals surface area contributed by atoms with Gasteiger partial charge in [-0.15, -0.1) is 0 Å². The molecule has 1 aromatic rings. The molecule has 2 heterocycles. The molecule has 4 rings (SSSR count). The van der Waals surface area contributed by atoms with E-state index in [9.17, 15) is 13.2 Å². The van der Waals surface area contributed by atoms with Crippen LogP contribution in [0.25, 0.3) is 6.08 Å². The number of fused-ring (bicyclic) bond motifs is 2. The number of nitrogens with zero attached hydrogens (tertiary/aromatic N) is 2. The van der Waals surface area contributed by atoms with Crippen molar-refractivity contribution in [3.05, 3.63) is 40.6 Å². The number of hydrogen-bond donors (Lipinski definition) is 1. The maximum absolute atomic E-state index is 13.1. The topological polar surface area (TPSA) is 37.8 Å². The van der Waals surface area contributed by atoms with Gasteiger partial charge in [-0.05, 0) is 24.3 Å². The van der Waals surface area contributed by atoms with Crippen LogP contribution < -0.4 is 5.32 Å². The molecule has 2 atom stereocenters. The van der Waals surface area contributed by atoms with Crippen LogP contribution >= 0.6 is 11.8 Å². The molecule has 1 saturated carbocycles. The molecule has 1 aliphatic heterocycles. The number of allylic oxidation sites excluding steroid dienone is 3. The highest BCUT2D eigenvalue weighted by Crippen LogP contribution is 2.55. The van der Waals surface area contributed by atoms with Gasteiger partial charge in [0, 0.05) is 22.6 Å². The van der Waals surface area contributed by atoms with E-state index in [1.807, 2.05) is 18.2 Å². The Morgan fingerprint density at radius 1 is 1.27 bits per heavy atom. The maximum Gasteiger partial charge on any atom is 0.413 e. The second-order valence-corrected chi connectivity index (χ2v) is 6.56. The van der Waals surface area contributed by atoms with Crippen LogP contribution in [0.15, 0.2) is 40.1 Å². The first-order valence-corrected chi connectivity index (χ1v) is 7.78. The summed E-state index contributed by atoms with van der Waals surface area (Å²) < 4.78 is 39.2. The van der Waals surface area contributed by atoms with Crippen LogP contribution in [0.5, 0.6) is 0 Å². The minimum absolute atomic E-state index is 0.0236. The highest BCUT2D eigenvalue weighted by molar-refractivity contribution is 8.03. The van der Waals surface area contributed by atoms with Crippen molar-refractivity contribution in [2.24, 2.45) is 11.8 Å². The molecule has 1 N–H and O–H groups in total. The Hall–Kier alpha value is -1.76. The summed E-state index contributed by atoms with van der Waals surface area (Å²) in [5.41, 5.74) is 0.429. The summed E-state index contributed by atoms with van der Waals surface area (Å²) in [5.74, 6) is 0.404. The molecule has 0 bridgehead atoms. The smallest absolute Gasteiger partial charge is 0.366 e. The second-order valence-electron chi connectivity index (χ2n) is 5.50. The van der Waals surface area contributed by atoms with Crippen LogP contribution in [-0.4, -0.2) is 22.7 Å². The molecule has 3 aliphatic rings. The number of nitrogens with one attached hydrogen (secondary N) is 1. The zero-order valence-electron chi connectivity index (χ0n) is 11.4. The normalized spacial score (nSPS) is 25.6. The van der Waals surface area contributed by atoms with Crippen molar-refractivity contribution in [1.29, 1.82) is 0 Å². The maximum atomic E-state index is 13.1. The third-order valence-corrected chi connectivity index (χ3v) is 4.98. The summed E-state index contributed by atoms with van der Waals surface area (Å²) in [4.78, 5) is 8.99. The molecule has 0 amide bonds. The van der Waals surface area contributed by atoms with E-state index in [0.717, 1.165) is 11.4 Å². The van der Waals surface area contributed by atoms with Gasteiger partial charge in [-0.3, -0.25) is 0 Å². The van der Waals surface area contributed by atoms with Crippen molar-refractivity contribution in [3.8, 4) is 0 Å². The average Bonchev–Trinajstić information content (AvgIpc) is 3.25. The largest absolute Gasteiger partial charge is 0.413 e. The third-order valence-electron chi connectivity index (χ3n) is 3.98. The van der Waals surface area contributed by atoms with Crippen molar-refractivity contribution in [2.75, 3.05) is 11.9 Å². The van der Waals surface area contributed by atoms with Gasteiger partial charge >= 0.3 is 6.18 Å². The number of rotatable bonds is 2. The molecule has 1 aromatic heterocycles. The van der Waals surface area contributed by atoms with Gasteiger partial charge in [0.2, 0.25) is 0 Å². The Bertz CT molecular complexity index is 721. The minimum atomic E-state index is -4.24. The van der Waals surface area contributed by atoms with E-state index in [4.69, 9.17) is 0 Å². The van der Waals surface area contributed by atoms with Crippen molar-refractivity contribution in [1.82, 2.24) is 9.97 Å². The number of thioether (sulfide) groups is 1. The fourth-order valence-electron chi connectivity index (χ4n) is 2.83. The van der Waals surface area contributed by atoms with Crippen LogP contribution in [0.4, 0.5) is 19.0 Å². The summed E-state index contributed by atoms with van der Waals surface area (Å²) >= 11 is 1.27. The van der Waals surface area contributed by atoms with E-state index in [2.05, 4.69) is 15.3 Å². The summed E-state index contributed by atoms with van der Waals surface area (Å²) in [6.45, 7) is 0.693. The number of halogens is 3. The van der Waals surface area contributed by atoms with Crippen molar-refractivity contribution in [2.45, 2.75) is 17.6 Å². The molecule has 114 valence electrons. The van der Waals surface area contributed by atoms with Gasteiger partial charge in [-0.25, -0.2) is 9.97 Å². The number of aromatic nitrogens is 2. The first kappa shape index (κ1) is 13.9. The minimum Gasteiger partial charge on any atom is -0.366 e. The number of alkyl halides is 3. The SMILES string of the molecule is FC(F)(F)C1=CC(Sc2ncnc3c2C=CCN3)=CC2CC12. The Labute approximate surface area is 129 Å². The first-order valence-electron chi connectivity index (χ1n) is 6.96. The molecule has 3 nitrogen and oxygen atoms in total. The molecule has 2 aliphatic carbocycles. The van der Waals surface area contributed by atoms with E-state index in [0.29, 0.717) is 22.9 Å². The van der Waals surface area contributed by atoms with E-state index in [1.54, 1.807) is 0 Å². The molecule has 22 heavy (non-hydrogen) atoms. The molecule has 7 heteroatoms. The van der Waals surface area contributed by atoms with Gasteiger partial charge in [0.25, 0.3) is 0 Å². The summed E-state index contributed by atoms with van der Waals surface area (Å²) in [5, 5.41) is 3.80. The van der Waals surface area contributed by atoms with Crippen LogP contribution in [0.3, 0.4) is 0 Å². The highest BCUT2D eigenvalue weighted by Gasteiger charge is 2.50. The summed E-state index contributed by atoms with van der Waals surface area (Å²) in [6, 6.07) is 0. The molecule has 1 fully saturated rings. The molecule has 0 aromatic carbocycles. The molecule has 0 spiro atoms. The van der Waals surface area contributed by atoms with Crippen LogP contribution in [0, 0.1) is 11.8 Å². The van der Waals surface area contributed by atoms with Crippen LogP contribution in [0.2, 0.25) is 0 Å². The zero-order valence-corrected chi connectivity index (χ0v) is 12.2. The molecule has 0 radical (unpaired) electrons. The quantitative estimate of drug-likeness (QED) is 0.834. The fourth-order valence-corrected chi connectivity index (χ4v) is 3.85. The van der Waals surface area contributed by atoms with Crippen molar-refractivity contribution in [3.63, 3.8) is 0 Å². The van der Waals surface area contributed by atoms with Crippen molar-refractivity contribution >= 4 is 23.7 Å². The number of hydrogen-bond acceptors (Lipinski definition) is 4. The molecular weight excluding hydrogens is 311 g/mol. The van der Waals surface area contributed by atoms with Crippen LogP contribution in [0.1, 0.15) is 12.0 Å². The lowest BCUT2D eigenvalue weighted by Crippen LogP contribution is -2.16. The second kappa shape index (κ2) is 4.87. The standard InChI is InChI=1S/C15H12F3N3S/c16-15(17,18)12-6-9(4-8-5-11(8)12)22-14-10-2-1-3-19-13(10)20-7-21-14/h1-2,4,6-8,11H,3,5H2,(H,19,20,21). The zero-order chi connectivity index (χ0) is 15.3.